The number of ether oxygens (including phenoxy) is 3. The predicted octanol–water partition coefficient (Wildman–Crippen LogP) is 4.56. The number of esters is 1. The Morgan fingerprint density at radius 1 is 0.868 bits per heavy atom. The normalized spacial score (nSPS) is 10.7. The summed E-state index contributed by atoms with van der Waals surface area (Å²) in [7, 11) is 1.54. The van der Waals surface area contributed by atoms with E-state index in [0.29, 0.717) is 34.9 Å². The second kappa shape index (κ2) is 12.2. The Bertz CT molecular complexity index is 1490. The van der Waals surface area contributed by atoms with Gasteiger partial charge in [-0.05, 0) is 66.4 Å². The van der Waals surface area contributed by atoms with Gasteiger partial charge in [0.15, 0.2) is 11.5 Å². The number of benzene rings is 4. The molecule has 38 heavy (non-hydrogen) atoms. The molecule has 4 aromatic rings. The van der Waals surface area contributed by atoms with Crippen molar-refractivity contribution in [2.24, 2.45) is 5.10 Å². The summed E-state index contributed by atoms with van der Waals surface area (Å²) in [6.07, 6.45) is 1.35. The smallest absolute Gasteiger partial charge is 0.343 e. The van der Waals surface area contributed by atoms with E-state index < -0.39 is 17.8 Å². The van der Waals surface area contributed by atoms with Crippen molar-refractivity contribution < 1.29 is 28.6 Å². The highest BCUT2D eigenvalue weighted by atomic mass is 16.6. The largest absolute Gasteiger partial charge is 0.497 e. The van der Waals surface area contributed by atoms with Crippen LogP contribution in [0.2, 0.25) is 0 Å². The predicted molar refractivity (Wildman–Crippen MR) is 144 cm³/mol. The van der Waals surface area contributed by atoms with Gasteiger partial charge in [0.25, 0.3) is 0 Å². The molecular formula is C29H25N3O6. The molecule has 2 N–H and O–H groups in total. The lowest BCUT2D eigenvalue weighted by Crippen LogP contribution is -2.32. The summed E-state index contributed by atoms with van der Waals surface area (Å²) in [5, 5.41) is 8.22. The maximum atomic E-state index is 12.5. The van der Waals surface area contributed by atoms with Gasteiger partial charge in [-0.25, -0.2) is 10.2 Å². The SMILES string of the molecule is CCOc1cc(/C=N\NC(=O)C(=O)Nc2cccc3ccccc23)ccc1OC(=O)c1ccc(OC)cc1. The van der Waals surface area contributed by atoms with Gasteiger partial charge in [0.2, 0.25) is 0 Å². The van der Waals surface area contributed by atoms with E-state index in [2.05, 4.69) is 15.8 Å². The quantitative estimate of drug-likeness (QED) is 0.118. The summed E-state index contributed by atoms with van der Waals surface area (Å²) in [4.78, 5) is 37.2. The van der Waals surface area contributed by atoms with Crippen LogP contribution in [0.4, 0.5) is 5.69 Å². The molecule has 0 radical (unpaired) electrons. The zero-order valence-electron chi connectivity index (χ0n) is 20.8. The van der Waals surface area contributed by atoms with Gasteiger partial charge in [0, 0.05) is 11.1 Å². The topological polar surface area (TPSA) is 115 Å². The highest BCUT2D eigenvalue weighted by Gasteiger charge is 2.15. The van der Waals surface area contributed by atoms with Gasteiger partial charge in [0.05, 0.1) is 25.5 Å². The van der Waals surface area contributed by atoms with Gasteiger partial charge in [-0.15, -0.1) is 0 Å². The number of hydrogen-bond donors (Lipinski definition) is 2. The van der Waals surface area contributed by atoms with E-state index in [-0.39, 0.29) is 5.75 Å². The Morgan fingerprint density at radius 2 is 1.63 bits per heavy atom. The molecule has 0 aliphatic rings. The molecule has 0 saturated heterocycles. The molecule has 9 nitrogen and oxygen atoms in total. The molecule has 4 aromatic carbocycles. The Balaban J connectivity index is 1.39. The molecule has 0 aromatic heterocycles. The van der Waals surface area contributed by atoms with E-state index in [1.165, 1.54) is 6.21 Å². The molecule has 0 saturated carbocycles. The number of carbonyl (C=O) groups is 3. The number of amides is 2. The first-order valence-corrected chi connectivity index (χ1v) is 11.7. The van der Waals surface area contributed by atoms with Gasteiger partial charge in [-0.2, -0.15) is 5.10 Å². The fourth-order valence-electron chi connectivity index (χ4n) is 3.57. The van der Waals surface area contributed by atoms with Crippen LogP contribution in [0.25, 0.3) is 10.8 Å². The summed E-state index contributed by atoms with van der Waals surface area (Å²) in [5.74, 6) is -1.17. The van der Waals surface area contributed by atoms with E-state index in [4.69, 9.17) is 14.2 Å². The molecule has 0 atom stereocenters. The number of nitrogens with zero attached hydrogens (tertiary/aromatic N) is 1. The number of fused-ring (bicyclic) bond motifs is 1. The fraction of sp³-hybridized carbons (Fsp3) is 0.103. The standard InChI is InChI=1S/C29H25N3O6/c1-3-37-26-17-19(11-16-25(26)38-29(35)21-12-14-22(36-2)15-13-21)18-30-32-28(34)27(33)31-24-10-6-8-20-7-4-5-9-23(20)24/h4-18H,3H2,1-2H3,(H,31,33)(H,32,34)/b30-18-. The van der Waals surface area contributed by atoms with Crippen LogP contribution in [-0.2, 0) is 9.59 Å². The number of anilines is 1. The van der Waals surface area contributed by atoms with Crippen LogP contribution in [0.3, 0.4) is 0 Å². The monoisotopic (exact) mass is 511 g/mol. The molecule has 2 amide bonds. The first-order valence-electron chi connectivity index (χ1n) is 11.7. The number of hydrogen-bond acceptors (Lipinski definition) is 7. The average molecular weight is 512 g/mol. The average Bonchev–Trinajstić information content (AvgIpc) is 2.94. The van der Waals surface area contributed by atoms with Gasteiger partial charge < -0.3 is 19.5 Å². The lowest BCUT2D eigenvalue weighted by atomic mass is 10.1. The van der Waals surface area contributed by atoms with Crippen molar-refractivity contribution in [2.45, 2.75) is 6.92 Å². The van der Waals surface area contributed by atoms with Crippen LogP contribution < -0.4 is 25.0 Å². The summed E-state index contributed by atoms with van der Waals surface area (Å²) in [5.41, 5.74) is 3.63. The van der Waals surface area contributed by atoms with Gasteiger partial charge in [-0.3, -0.25) is 9.59 Å². The molecule has 0 bridgehead atoms. The van der Waals surface area contributed by atoms with Gasteiger partial charge in [0.1, 0.15) is 5.75 Å². The highest BCUT2D eigenvalue weighted by molar-refractivity contribution is 6.40. The van der Waals surface area contributed by atoms with Gasteiger partial charge in [-0.1, -0.05) is 36.4 Å². The van der Waals surface area contributed by atoms with Crippen molar-refractivity contribution in [3.05, 3.63) is 96.1 Å². The summed E-state index contributed by atoms with van der Waals surface area (Å²) < 4.78 is 16.2. The molecule has 0 heterocycles. The second-order valence-electron chi connectivity index (χ2n) is 7.94. The van der Waals surface area contributed by atoms with E-state index in [1.807, 2.05) is 30.3 Å². The molecule has 4 rings (SSSR count). The van der Waals surface area contributed by atoms with Crippen LogP contribution in [-0.4, -0.2) is 37.7 Å². The number of carbonyl (C=O) groups excluding carboxylic acids is 3. The van der Waals surface area contributed by atoms with Crippen molar-refractivity contribution in [3.63, 3.8) is 0 Å². The van der Waals surface area contributed by atoms with Crippen molar-refractivity contribution in [3.8, 4) is 17.2 Å². The maximum absolute atomic E-state index is 12.5. The van der Waals surface area contributed by atoms with E-state index in [9.17, 15) is 14.4 Å². The van der Waals surface area contributed by atoms with Crippen LogP contribution in [0.5, 0.6) is 17.2 Å². The Kier molecular flexibility index (Phi) is 8.30. The molecule has 0 spiro atoms. The number of methoxy groups -OCH3 is 1. The minimum atomic E-state index is -0.927. The second-order valence-corrected chi connectivity index (χ2v) is 7.94. The number of hydrazone groups is 1. The zero-order chi connectivity index (χ0) is 26.9. The van der Waals surface area contributed by atoms with E-state index >= 15 is 0 Å². The Hall–Kier alpha value is -5.18. The lowest BCUT2D eigenvalue weighted by Gasteiger charge is -2.11. The van der Waals surface area contributed by atoms with Crippen LogP contribution in [0.1, 0.15) is 22.8 Å². The van der Waals surface area contributed by atoms with Crippen LogP contribution in [0, 0.1) is 0 Å². The third-order valence-corrected chi connectivity index (χ3v) is 5.42. The Morgan fingerprint density at radius 3 is 2.39 bits per heavy atom. The van der Waals surface area contributed by atoms with Crippen molar-refractivity contribution in [2.75, 3.05) is 19.0 Å². The minimum absolute atomic E-state index is 0.225. The minimum Gasteiger partial charge on any atom is -0.497 e. The first kappa shape index (κ1) is 25.9. The zero-order valence-corrected chi connectivity index (χ0v) is 20.8. The van der Waals surface area contributed by atoms with Crippen molar-refractivity contribution in [1.82, 2.24) is 5.43 Å². The van der Waals surface area contributed by atoms with Gasteiger partial charge >= 0.3 is 17.8 Å². The van der Waals surface area contributed by atoms with Crippen LogP contribution in [0.15, 0.2) is 90.0 Å². The number of rotatable bonds is 8. The van der Waals surface area contributed by atoms with Crippen LogP contribution >= 0.6 is 0 Å². The first-order chi connectivity index (χ1) is 18.5. The summed E-state index contributed by atoms with van der Waals surface area (Å²) >= 11 is 0. The Labute approximate surface area is 219 Å². The summed E-state index contributed by atoms with van der Waals surface area (Å²) in [6, 6.07) is 24.3. The third kappa shape index (κ3) is 6.33. The van der Waals surface area contributed by atoms with E-state index in [1.54, 1.807) is 68.6 Å². The molecule has 9 heteroatoms. The van der Waals surface area contributed by atoms with E-state index in [0.717, 1.165) is 10.8 Å². The third-order valence-electron chi connectivity index (χ3n) is 5.42. The molecule has 0 aliphatic heterocycles. The molecule has 0 fully saturated rings. The molecule has 192 valence electrons. The fourth-order valence-corrected chi connectivity index (χ4v) is 3.57. The number of nitrogens with one attached hydrogen (secondary N) is 2. The summed E-state index contributed by atoms with van der Waals surface area (Å²) in [6.45, 7) is 2.13. The lowest BCUT2D eigenvalue weighted by molar-refractivity contribution is -0.136. The molecule has 0 unspecified atom stereocenters. The van der Waals surface area contributed by atoms with Crippen molar-refractivity contribution in [1.29, 1.82) is 0 Å². The maximum Gasteiger partial charge on any atom is 0.343 e. The highest BCUT2D eigenvalue weighted by Crippen LogP contribution is 2.29. The van der Waals surface area contributed by atoms with Crippen molar-refractivity contribution >= 4 is 40.5 Å². The molecular weight excluding hydrogens is 486 g/mol. The molecule has 0 aliphatic carbocycles.